The molecule has 3 nitrogen and oxygen atoms in total. The van der Waals surface area contributed by atoms with E-state index in [0.717, 1.165) is 11.1 Å². The molecule has 0 aliphatic rings. The summed E-state index contributed by atoms with van der Waals surface area (Å²) in [6.07, 6.45) is 1.84. The van der Waals surface area contributed by atoms with Crippen LogP contribution in [0.5, 0.6) is 0 Å². The second-order valence-corrected chi connectivity index (χ2v) is 9.39. The first-order chi connectivity index (χ1) is 13.9. The third-order valence-electron chi connectivity index (χ3n) is 4.57. The molecule has 0 atom stereocenters. The van der Waals surface area contributed by atoms with Crippen molar-refractivity contribution in [2.45, 2.75) is 16.8 Å². The average molecular weight is 429 g/mol. The fourth-order valence-corrected chi connectivity index (χ4v) is 6.03. The lowest BCUT2D eigenvalue weighted by molar-refractivity contribution is 0.585. The van der Waals surface area contributed by atoms with E-state index in [2.05, 4.69) is 0 Å². The number of hydrogen-bond donors (Lipinski definition) is 0. The van der Waals surface area contributed by atoms with Crippen molar-refractivity contribution in [1.29, 1.82) is 0 Å². The Labute approximate surface area is 175 Å². The number of aryl methyl sites for hydroxylation is 1. The van der Waals surface area contributed by atoms with E-state index < -0.39 is 10.0 Å². The predicted octanol–water partition coefficient (Wildman–Crippen LogP) is 6.23. The minimum Gasteiger partial charge on any atom is -0.227 e. The average Bonchev–Trinajstić information content (AvgIpc) is 3.07. The Balaban J connectivity index is 2.16. The summed E-state index contributed by atoms with van der Waals surface area (Å²) in [5.41, 5.74) is 2.98. The maximum atomic E-state index is 13.6. The second kappa shape index (κ2) is 7.32. The molecular weight excluding hydrogens is 410 g/mol. The minimum atomic E-state index is -3.87. The molecule has 0 aliphatic carbocycles. The summed E-state index contributed by atoms with van der Waals surface area (Å²) in [4.78, 5) is 0.205. The van der Waals surface area contributed by atoms with E-state index in [9.17, 15) is 8.42 Å². The zero-order chi connectivity index (χ0) is 20.8. The quantitative estimate of drug-likeness (QED) is 0.362. The maximum Gasteiger partial charge on any atom is 0.269 e. The molecular formula is C22H18ClNO2S2. The highest BCUT2D eigenvalue weighted by Gasteiger charge is 2.27. The summed E-state index contributed by atoms with van der Waals surface area (Å²) in [7, 11) is -3.87. The smallest absolute Gasteiger partial charge is 0.227 e. The summed E-state index contributed by atoms with van der Waals surface area (Å²) >= 11 is 7.59. The van der Waals surface area contributed by atoms with Gasteiger partial charge in [0.2, 0.25) is 0 Å². The molecule has 0 bridgehead atoms. The van der Waals surface area contributed by atoms with E-state index in [1.807, 2.05) is 43.5 Å². The highest BCUT2D eigenvalue weighted by molar-refractivity contribution is 7.99. The van der Waals surface area contributed by atoms with Crippen LogP contribution in [0.1, 0.15) is 6.93 Å². The molecule has 3 aromatic carbocycles. The molecule has 0 spiro atoms. The number of thioether (sulfide) groups is 1. The van der Waals surface area contributed by atoms with Crippen LogP contribution in [-0.2, 0) is 10.0 Å². The molecule has 4 aromatic rings. The van der Waals surface area contributed by atoms with Crippen LogP contribution in [0.25, 0.3) is 22.0 Å². The van der Waals surface area contributed by atoms with Crippen LogP contribution in [0.4, 0.5) is 0 Å². The van der Waals surface area contributed by atoms with E-state index in [1.54, 1.807) is 36.4 Å². The van der Waals surface area contributed by atoms with Gasteiger partial charge in [0, 0.05) is 16.0 Å². The van der Waals surface area contributed by atoms with Crippen molar-refractivity contribution in [2.24, 2.45) is 0 Å². The van der Waals surface area contributed by atoms with Gasteiger partial charge in [0.25, 0.3) is 10.0 Å². The van der Waals surface area contributed by atoms with Gasteiger partial charge in [-0.2, -0.15) is 0 Å². The van der Waals surface area contributed by atoms with Crippen LogP contribution in [-0.4, -0.2) is 18.6 Å². The zero-order valence-electron chi connectivity index (χ0n) is 16.3. The number of benzene rings is 3. The van der Waals surface area contributed by atoms with Gasteiger partial charge in [0.15, 0.2) is 0 Å². The minimum absolute atomic E-state index is 0.121. The molecule has 0 fully saturated rings. The van der Waals surface area contributed by atoms with Crippen molar-refractivity contribution in [3.63, 3.8) is 0 Å². The Morgan fingerprint density at radius 3 is 2.32 bits per heavy atom. The molecule has 0 unspecified atom stereocenters. The van der Waals surface area contributed by atoms with Crippen molar-refractivity contribution in [3.05, 3.63) is 83.4 Å². The lowest BCUT2D eigenvalue weighted by atomic mass is 10.1. The zero-order valence-corrected chi connectivity index (χ0v) is 17.7. The van der Waals surface area contributed by atoms with Crippen LogP contribution in [0.3, 0.4) is 0 Å². The number of aromatic nitrogens is 1. The standard InChI is InChI=1S/C22H18ClNO2S2/c1-15-8-11-18(12-9-15)28(25,26)24-20-13-10-17(23)14-19(20)21(22(24)27-2)16-6-4-3-5-7-16/h3-14H,1-2H3/i14D. The molecule has 1 heterocycles. The van der Waals surface area contributed by atoms with Gasteiger partial charge >= 0.3 is 0 Å². The van der Waals surface area contributed by atoms with Gasteiger partial charge in [-0.15, -0.1) is 11.8 Å². The SMILES string of the molecule is [2H]c1c(Cl)ccc2c1c(-c1ccccc1)c(SC)n2S(=O)(=O)c1ccc(C)cc1. The lowest BCUT2D eigenvalue weighted by Gasteiger charge is -2.12. The first kappa shape index (κ1) is 17.9. The Bertz CT molecular complexity index is 1310. The van der Waals surface area contributed by atoms with E-state index >= 15 is 0 Å². The number of nitrogens with zero attached hydrogens (tertiary/aromatic N) is 1. The third kappa shape index (κ3) is 3.13. The summed E-state index contributed by atoms with van der Waals surface area (Å²) < 4.78 is 37.2. The fourth-order valence-electron chi connectivity index (χ4n) is 3.25. The fraction of sp³-hybridized carbons (Fsp3) is 0.0909. The van der Waals surface area contributed by atoms with E-state index in [4.69, 9.17) is 13.0 Å². The highest BCUT2D eigenvalue weighted by Crippen LogP contribution is 2.42. The summed E-state index contributed by atoms with van der Waals surface area (Å²) in [6, 6.07) is 19.7. The largest absolute Gasteiger partial charge is 0.269 e. The Kier molecular flexibility index (Phi) is 4.67. The van der Waals surface area contributed by atoms with Gasteiger partial charge in [-0.25, -0.2) is 12.4 Å². The molecule has 0 radical (unpaired) electrons. The van der Waals surface area contributed by atoms with Crippen molar-refractivity contribution in [3.8, 4) is 11.1 Å². The maximum absolute atomic E-state index is 13.6. The molecule has 28 heavy (non-hydrogen) atoms. The normalized spacial score (nSPS) is 12.3. The molecule has 142 valence electrons. The third-order valence-corrected chi connectivity index (χ3v) is 7.41. The molecule has 0 aliphatic heterocycles. The van der Waals surface area contributed by atoms with Crippen LogP contribution >= 0.6 is 23.4 Å². The molecule has 0 N–H and O–H groups in total. The van der Waals surface area contributed by atoms with Crippen LogP contribution in [0.15, 0.2) is 82.7 Å². The molecule has 4 rings (SSSR count). The number of halogens is 1. The van der Waals surface area contributed by atoms with Gasteiger partial charge in [0.05, 0.1) is 16.8 Å². The molecule has 0 saturated heterocycles. The van der Waals surface area contributed by atoms with Gasteiger partial charge in [-0.05, 0) is 49.1 Å². The topological polar surface area (TPSA) is 39.1 Å². The molecule has 0 amide bonds. The van der Waals surface area contributed by atoms with Crippen molar-refractivity contribution in [2.75, 3.05) is 6.26 Å². The summed E-state index contributed by atoms with van der Waals surface area (Å²) in [5.74, 6) is 0. The van der Waals surface area contributed by atoms with Crippen LogP contribution in [0, 0.1) is 6.92 Å². The van der Waals surface area contributed by atoms with Gasteiger partial charge in [-0.1, -0.05) is 59.6 Å². The first-order valence-corrected chi connectivity index (χ1v) is 11.7. The summed E-state index contributed by atoms with van der Waals surface area (Å²) in [6.45, 7) is 1.91. The second-order valence-electron chi connectivity index (χ2n) is 6.40. The number of hydrogen-bond acceptors (Lipinski definition) is 3. The highest BCUT2D eigenvalue weighted by atomic mass is 35.5. The van der Waals surface area contributed by atoms with E-state index in [1.165, 1.54) is 15.7 Å². The monoisotopic (exact) mass is 428 g/mol. The van der Waals surface area contributed by atoms with E-state index in [0.29, 0.717) is 21.5 Å². The number of rotatable bonds is 4. The number of fused-ring (bicyclic) bond motifs is 1. The predicted molar refractivity (Wildman–Crippen MR) is 118 cm³/mol. The van der Waals surface area contributed by atoms with Gasteiger partial charge in [0.1, 0.15) is 0 Å². The van der Waals surface area contributed by atoms with E-state index in [-0.39, 0.29) is 16.0 Å². The lowest BCUT2D eigenvalue weighted by Crippen LogP contribution is -2.14. The summed E-state index contributed by atoms with van der Waals surface area (Å²) in [5, 5.41) is 1.37. The van der Waals surface area contributed by atoms with Crippen molar-refractivity contribution in [1.82, 2.24) is 3.97 Å². The van der Waals surface area contributed by atoms with Crippen molar-refractivity contribution >= 4 is 44.3 Å². The molecule has 1 aromatic heterocycles. The van der Waals surface area contributed by atoms with Gasteiger partial charge in [-0.3, -0.25) is 0 Å². The molecule has 0 saturated carbocycles. The Morgan fingerprint density at radius 1 is 1.00 bits per heavy atom. The van der Waals surface area contributed by atoms with Gasteiger partial charge < -0.3 is 0 Å². The Hall–Kier alpha value is -2.21. The first-order valence-electron chi connectivity index (χ1n) is 9.11. The van der Waals surface area contributed by atoms with Crippen LogP contribution in [0.2, 0.25) is 5.02 Å². The van der Waals surface area contributed by atoms with Crippen LogP contribution < -0.4 is 0 Å². The van der Waals surface area contributed by atoms with Crippen molar-refractivity contribution < 1.29 is 9.79 Å². The Morgan fingerprint density at radius 2 is 1.68 bits per heavy atom. The molecule has 6 heteroatoms.